The Balaban J connectivity index is 2.83. The molecule has 0 aliphatic rings. The van der Waals surface area contributed by atoms with Crippen LogP contribution in [-0.2, 0) is 11.2 Å². The maximum absolute atomic E-state index is 12.0. The highest BCUT2D eigenvalue weighted by Gasteiger charge is 2.38. The quantitative estimate of drug-likeness (QED) is 0.814. The molecule has 17 heavy (non-hydrogen) atoms. The summed E-state index contributed by atoms with van der Waals surface area (Å²) in [5.74, 6) is -2.00. The van der Waals surface area contributed by atoms with Gasteiger partial charge in [0.1, 0.15) is 0 Å². The van der Waals surface area contributed by atoms with Crippen LogP contribution >= 0.6 is 22.6 Å². The molecular formula is C10H9F3INO2. The van der Waals surface area contributed by atoms with Gasteiger partial charge in [-0.15, -0.1) is 0 Å². The summed E-state index contributed by atoms with van der Waals surface area (Å²) >= 11 is 1.82. The molecule has 2 N–H and O–H groups in total. The number of halogens is 4. The normalized spacial score (nSPS) is 11.4. The van der Waals surface area contributed by atoms with Crippen molar-refractivity contribution in [2.45, 2.75) is 12.6 Å². The third-order valence-corrected chi connectivity index (χ3v) is 2.83. The minimum absolute atomic E-state index is 0.0374. The summed E-state index contributed by atoms with van der Waals surface area (Å²) < 4.78 is 36.5. The number of hydrogen-bond acceptors (Lipinski definition) is 2. The van der Waals surface area contributed by atoms with Crippen LogP contribution in [0.4, 0.5) is 18.9 Å². The van der Waals surface area contributed by atoms with E-state index in [9.17, 15) is 18.0 Å². The van der Waals surface area contributed by atoms with Crippen molar-refractivity contribution in [3.05, 3.63) is 27.3 Å². The topological polar surface area (TPSA) is 49.3 Å². The molecule has 0 radical (unpaired) electrons. The maximum Gasteiger partial charge on any atom is 0.471 e. The molecule has 0 saturated heterocycles. The predicted molar refractivity (Wildman–Crippen MR) is 64.6 cm³/mol. The standard InChI is InChI=1S/C10H9F3INO2/c11-10(12,13)9(17)15-8-2-1-6(3-4-16)5-7(8)14/h1-2,5,16H,3-4H2,(H,15,17). The molecule has 7 heteroatoms. The molecule has 0 saturated carbocycles. The Morgan fingerprint density at radius 2 is 2.06 bits per heavy atom. The van der Waals surface area contributed by atoms with Gasteiger partial charge in [0.15, 0.2) is 0 Å². The summed E-state index contributed by atoms with van der Waals surface area (Å²) in [7, 11) is 0. The lowest BCUT2D eigenvalue weighted by Crippen LogP contribution is -2.30. The van der Waals surface area contributed by atoms with E-state index < -0.39 is 12.1 Å². The van der Waals surface area contributed by atoms with Gasteiger partial charge in [-0.25, -0.2) is 0 Å². The molecule has 1 rings (SSSR count). The van der Waals surface area contributed by atoms with Gasteiger partial charge in [0.25, 0.3) is 0 Å². The Morgan fingerprint density at radius 1 is 1.41 bits per heavy atom. The molecule has 0 aliphatic heterocycles. The van der Waals surface area contributed by atoms with Crippen LogP contribution < -0.4 is 5.32 Å². The van der Waals surface area contributed by atoms with E-state index in [0.29, 0.717) is 9.99 Å². The Hall–Kier alpha value is -0.830. The maximum atomic E-state index is 12.0. The van der Waals surface area contributed by atoms with Crippen LogP contribution in [0.15, 0.2) is 18.2 Å². The van der Waals surface area contributed by atoms with Gasteiger partial charge in [0, 0.05) is 10.2 Å². The van der Waals surface area contributed by atoms with E-state index in [2.05, 4.69) is 0 Å². The number of nitrogens with one attached hydrogen (secondary N) is 1. The number of carbonyl (C=O) groups excluding carboxylic acids is 1. The summed E-state index contributed by atoms with van der Waals surface area (Å²) in [6.45, 7) is -0.0374. The Labute approximate surface area is 109 Å². The van der Waals surface area contributed by atoms with Crippen molar-refractivity contribution >= 4 is 34.2 Å². The molecule has 0 heterocycles. The fourth-order valence-corrected chi connectivity index (χ4v) is 1.85. The number of hydrogen-bond donors (Lipinski definition) is 2. The van der Waals surface area contributed by atoms with E-state index in [1.54, 1.807) is 17.4 Å². The zero-order valence-electron chi connectivity index (χ0n) is 8.51. The van der Waals surface area contributed by atoms with Crippen LogP contribution in [0.3, 0.4) is 0 Å². The highest BCUT2D eigenvalue weighted by Crippen LogP contribution is 2.23. The minimum Gasteiger partial charge on any atom is -0.396 e. The molecule has 0 atom stereocenters. The van der Waals surface area contributed by atoms with Crippen molar-refractivity contribution in [1.29, 1.82) is 0 Å². The largest absolute Gasteiger partial charge is 0.471 e. The Morgan fingerprint density at radius 3 is 2.53 bits per heavy atom. The van der Waals surface area contributed by atoms with Gasteiger partial charge in [-0.2, -0.15) is 13.2 Å². The molecule has 0 aliphatic carbocycles. The second-order valence-corrected chi connectivity index (χ2v) is 4.40. The predicted octanol–water partition coefficient (Wildman–Crippen LogP) is 2.33. The number of aliphatic hydroxyl groups excluding tert-OH is 1. The molecule has 0 fully saturated rings. The molecule has 0 spiro atoms. The van der Waals surface area contributed by atoms with Gasteiger partial charge in [-0.1, -0.05) is 6.07 Å². The number of anilines is 1. The minimum atomic E-state index is -4.90. The fraction of sp³-hybridized carbons (Fsp3) is 0.300. The number of carbonyl (C=O) groups is 1. The summed E-state index contributed by atoms with van der Waals surface area (Å²) in [5, 5.41) is 10.5. The Bertz CT molecular complexity index is 421. The van der Waals surface area contributed by atoms with Gasteiger partial charge >= 0.3 is 12.1 Å². The van der Waals surface area contributed by atoms with Crippen LogP contribution in [0.1, 0.15) is 5.56 Å². The van der Waals surface area contributed by atoms with Crippen LogP contribution in [0.2, 0.25) is 0 Å². The number of amides is 1. The van der Waals surface area contributed by atoms with Gasteiger partial charge < -0.3 is 10.4 Å². The zero-order valence-corrected chi connectivity index (χ0v) is 10.7. The fourth-order valence-electron chi connectivity index (χ4n) is 1.14. The lowest BCUT2D eigenvalue weighted by Gasteiger charge is -2.10. The molecule has 0 aromatic heterocycles. The lowest BCUT2D eigenvalue weighted by atomic mass is 10.1. The summed E-state index contributed by atoms with van der Waals surface area (Å²) in [5.41, 5.74) is 0.900. The molecular weight excluding hydrogens is 350 g/mol. The Kier molecular flexibility index (Phi) is 4.75. The second kappa shape index (κ2) is 5.67. The summed E-state index contributed by atoms with van der Waals surface area (Å²) in [6, 6.07) is 4.56. The average Bonchev–Trinajstić information content (AvgIpc) is 2.21. The molecule has 3 nitrogen and oxygen atoms in total. The first-order valence-electron chi connectivity index (χ1n) is 4.62. The van der Waals surface area contributed by atoms with Crippen molar-refractivity contribution in [2.24, 2.45) is 0 Å². The highest BCUT2D eigenvalue weighted by atomic mass is 127. The van der Waals surface area contributed by atoms with Crippen molar-refractivity contribution in [1.82, 2.24) is 0 Å². The molecule has 0 bridgehead atoms. The highest BCUT2D eigenvalue weighted by molar-refractivity contribution is 14.1. The second-order valence-electron chi connectivity index (χ2n) is 3.24. The van der Waals surface area contributed by atoms with Gasteiger partial charge in [-0.3, -0.25) is 4.79 Å². The lowest BCUT2D eigenvalue weighted by molar-refractivity contribution is -0.167. The first-order valence-corrected chi connectivity index (χ1v) is 5.70. The number of alkyl halides is 3. The molecule has 1 aromatic rings. The smallest absolute Gasteiger partial charge is 0.396 e. The van der Waals surface area contributed by atoms with E-state index >= 15 is 0 Å². The number of rotatable bonds is 3. The SMILES string of the molecule is O=C(Nc1ccc(CCO)cc1I)C(F)(F)F. The van der Waals surface area contributed by atoms with E-state index in [1.165, 1.54) is 6.07 Å². The van der Waals surface area contributed by atoms with Crippen molar-refractivity contribution < 1.29 is 23.1 Å². The van der Waals surface area contributed by atoms with Gasteiger partial charge in [0.05, 0.1) is 5.69 Å². The zero-order chi connectivity index (χ0) is 13.1. The third kappa shape index (κ3) is 4.15. The van der Waals surface area contributed by atoms with E-state index in [1.807, 2.05) is 22.6 Å². The van der Waals surface area contributed by atoms with Gasteiger partial charge in [-0.05, 0) is 46.7 Å². The monoisotopic (exact) mass is 359 g/mol. The van der Waals surface area contributed by atoms with Crippen LogP contribution in [0, 0.1) is 3.57 Å². The first kappa shape index (κ1) is 14.2. The summed E-state index contributed by atoms with van der Waals surface area (Å²) in [4.78, 5) is 10.7. The van der Waals surface area contributed by atoms with Gasteiger partial charge in [0.2, 0.25) is 0 Å². The van der Waals surface area contributed by atoms with Crippen LogP contribution in [0.25, 0.3) is 0 Å². The molecule has 0 unspecified atom stereocenters. The van der Waals surface area contributed by atoms with E-state index in [4.69, 9.17) is 5.11 Å². The van der Waals surface area contributed by atoms with E-state index in [0.717, 1.165) is 5.56 Å². The first-order chi connectivity index (χ1) is 7.84. The number of benzene rings is 1. The van der Waals surface area contributed by atoms with Crippen molar-refractivity contribution in [3.63, 3.8) is 0 Å². The van der Waals surface area contributed by atoms with Crippen molar-refractivity contribution in [2.75, 3.05) is 11.9 Å². The van der Waals surface area contributed by atoms with E-state index in [-0.39, 0.29) is 12.3 Å². The average molecular weight is 359 g/mol. The van der Waals surface area contributed by atoms with Crippen LogP contribution in [0.5, 0.6) is 0 Å². The molecule has 94 valence electrons. The number of aliphatic hydroxyl groups is 1. The third-order valence-electron chi connectivity index (χ3n) is 1.94. The molecule has 1 amide bonds. The summed E-state index contributed by atoms with van der Waals surface area (Å²) in [6.07, 6.45) is -4.48. The molecule has 1 aromatic carbocycles. The van der Waals surface area contributed by atoms with Crippen LogP contribution in [-0.4, -0.2) is 23.8 Å². The van der Waals surface area contributed by atoms with Crippen molar-refractivity contribution in [3.8, 4) is 0 Å².